The van der Waals surface area contributed by atoms with E-state index in [1.165, 1.54) is 5.56 Å². The smallest absolute Gasteiger partial charge is 0.264 e. The number of aromatic nitrogens is 2. The molecule has 120 valence electrons. The number of hydrogen-bond acceptors (Lipinski definition) is 4. The summed E-state index contributed by atoms with van der Waals surface area (Å²) in [5, 5.41) is 0.525. The van der Waals surface area contributed by atoms with Gasteiger partial charge in [-0.15, -0.1) is 0 Å². The van der Waals surface area contributed by atoms with Crippen molar-refractivity contribution in [2.45, 2.75) is 12.3 Å². The fourth-order valence-electron chi connectivity index (χ4n) is 3.10. The van der Waals surface area contributed by atoms with Gasteiger partial charge in [-0.3, -0.25) is 9.97 Å². The standard InChI is InChI=1S/C19H17N3OS/c24-19(22-11-8-15(13-22)14-4-2-1-3-5-14)23-16-6-7-17-18(12-16)21-10-9-20-17/h1-7,9-10,12,15H,8,11,13H2/t15-/m0/s1. The number of rotatable bonds is 2. The van der Waals surface area contributed by atoms with Gasteiger partial charge in [0.1, 0.15) is 5.75 Å². The minimum atomic E-state index is 0.509. The number of hydrogen-bond donors (Lipinski definition) is 0. The number of nitrogens with zero attached hydrogens (tertiary/aromatic N) is 3. The fourth-order valence-corrected chi connectivity index (χ4v) is 3.36. The SMILES string of the molecule is S=C(Oc1ccc2nccnc2c1)N1CC[C@H](c2ccccc2)C1. The molecule has 0 amide bonds. The van der Waals surface area contributed by atoms with Crippen LogP contribution in [0.25, 0.3) is 11.0 Å². The van der Waals surface area contributed by atoms with Crippen molar-refractivity contribution in [2.75, 3.05) is 13.1 Å². The Labute approximate surface area is 146 Å². The molecule has 1 aliphatic heterocycles. The lowest BCUT2D eigenvalue weighted by atomic mass is 9.99. The number of benzene rings is 2. The first-order valence-electron chi connectivity index (χ1n) is 8.02. The molecule has 0 bridgehead atoms. The van der Waals surface area contributed by atoms with E-state index in [1.807, 2.05) is 24.3 Å². The van der Waals surface area contributed by atoms with Gasteiger partial charge < -0.3 is 9.64 Å². The van der Waals surface area contributed by atoms with Crippen LogP contribution in [-0.4, -0.2) is 33.1 Å². The van der Waals surface area contributed by atoms with E-state index in [-0.39, 0.29) is 0 Å². The van der Waals surface area contributed by atoms with Gasteiger partial charge >= 0.3 is 0 Å². The largest absolute Gasteiger partial charge is 0.432 e. The van der Waals surface area contributed by atoms with Crippen molar-refractivity contribution in [1.82, 2.24) is 14.9 Å². The second-order valence-corrected chi connectivity index (χ2v) is 6.27. The van der Waals surface area contributed by atoms with E-state index >= 15 is 0 Å². The highest BCUT2D eigenvalue weighted by Crippen LogP contribution is 2.28. The third-order valence-corrected chi connectivity index (χ3v) is 4.70. The molecule has 2 aromatic carbocycles. The molecular weight excluding hydrogens is 318 g/mol. The van der Waals surface area contributed by atoms with E-state index in [1.54, 1.807) is 12.4 Å². The van der Waals surface area contributed by atoms with E-state index in [2.05, 4.69) is 39.1 Å². The van der Waals surface area contributed by atoms with E-state index in [4.69, 9.17) is 17.0 Å². The van der Waals surface area contributed by atoms with Crippen molar-refractivity contribution >= 4 is 28.4 Å². The van der Waals surface area contributed by atoms with Crippen LogP contribution in [0.2, 0.25) is 0 Å². The normalized spacial score (nSPS) is 17.2. The molecule has 0 N–H and O–H groups in total. The number of likely N-dealkylation sites (tertiary alicyclic amines) is 1. The lowest BCUT2D eigenvalue weighted by Gasteiger charge is -2.19. The second kappa shape index (κ2) is 6.53. The molecule has 0 radical (unpaired) electrons. The zero-order chi connectivity index (χ0) is 16.4. The lowest BCUT2D eigenvalue weighted by Crippen LogP contribution is -2.31. The molecular formula is C19H17N3OS. The minimum absolute atomic E-state index is 0.509. The van der Waals surface area contributed by atoms with Crippen LogP contribution in [0, 0.1) is 0 Å². The Kier molecular flexibility index (Phi) is 4.09. The van der Waals surface area contributed by atoms with E-state index < -0.39 is 0 Å². The van der Waals surface area contributed by atoms with Crippen molar-refractivity contribution in [3.63, 3.8) is 0 Å². The van der Waals surface area contributed by atoms with E-state index in [0.717, 1.165) is 30.5 Å². The van der Waals surface area contributed by atoms with Crippen LogP contribution >= 0.6 is 12.2 Å². The zero-order valence-electron chi connectivity index (χ0n) is 13.1. The van der Waals surface area contributed by atoms with Gasteiger partial charge in [0.25, 0.3) is 5.17 Å². The maximum atomic E-state index is 5.88. The molecule has 24 heavy (non-hydrogen) atoms. The van der Waals surface area contributed by atoms with Crippen molar-refractivity contribution in [1.29, 1.82) is 0 Å². The molecule has 3 aromatic rings. The summed E-state index contributed by atoms with van der Waals surface area (Å²) in [6.07, 6.45) is 4.45. The van der Waals surface area contributed by atoms with Crippen LogP contribution < -0.4 is 4.74 Å². The van der Waals surface area contributed by atoms with Crippen LogP contribution in [0.4, 0.5) is 0 Å². The number of thiocarbonyl (C=S) groups is 1. The maximum Gasteiger partial charge on any atom is 0.264 e. The van der Waals surface area contributed by atoms with Crippen LogP contribution in [0.15, 0.2) is 60.9 Å². The Hall–Kier alpha value is -2.53. The molecule has 0 saturated carbocycles. The molecule has 4 nitrogen and oxygen atoms in total. The average molecular weight is 335 g/mol. The molecule has 1 fully saturated rings. The predicted octanol–water partition coefficient (Wildman–Crippen LogP) is 3.78. The van der Waals surface area contributed by atoms with Gasteiger partial charge in [0.2, 0.25) is 0 Å². The van der Waals surface area contributed by atoms with Crippen molar-refractivity contribution in [2.24, 2.45) is 0 Å². The molecule has 0 spiro atoms. The maximum absolute atomic E-state index is 5.88. The molecule has 1 aromatic heterocycles. The molecule has 2 heterocycles. The Morgan fingerprint density at radius 2 is 1.83 bits per heavy atom. The summed E-state index contributed by atoms with van der Waals surface area (Å²) in [6.45, 7) is 1.82. The van der Waals surface area contributed by atoms with Crippen LogP contribution in [0.3, 0.4) is 0 Å². The van der Waals surface area contributed by atoms with Gasteiger partial charge in [-0.05, 0) is 36.3 Å². The first-order chi connectivity index (χ1) is 11.8. The van der Waals surface area contributed by atoms with Crippen LogP contribution in [0.1, 0.15) is 17.9 Å². The minimum Gasteiger partial charge on any atom is -0.432 e. The fraction of sp³-hybridized carbons (Fsp3) is 0.211. The summed E-state index contributed by atoms with van der Waals surface area (Å²) >= 11 is 5.49. The van der Waals surface area contributed by atoms with Gasteiger partial charge in [-0.2, -0.15) is 0 Å². The van der Waals surface area contributed by atoms with Gasteiger partial charge in [0, 0.05) is 37.5 Å². The summed E-state index contributed by atoms with van der Waals surface area (Å²) < 4.78 is 5.88. The molecule has 1 saturated heterocycles. The van der Waals surface area contributed by atoms with Crippen molar-refractivity contribution < 1.29 is 4.74 Å². The Morgan fingerprint density at radius 1 is 1.04 bits per heavy atom. The number of fused-ring (bicyclic) bond motifs is 1. The van der Waals surface area contributed by atoms with Gasteiger partial charge in [0.05, 0.1) is 11.0 Å². The summed E-state index contributed by atoms with van der Waals surface area (Å²) in [4.78, 5) is 10.7. The lowest BCUT2D eigenvalue weighted by molar-refractivity contribution is 0.403. The Balaban J connectivity index is 1.44. The first kappa shape index (κ1) is 15.0. The van der Waals surface area contributed by atoms with Crippen LogP contribution in [0.5, 0.6) is 5.75 Å². The molecule has 1 aliphatic rings. The predicted molar refractivity (Wildman–Crippen MR) is 98.1 cm³/mol. The summed E-state index contributed by atoms with van der Waals surface area (Å²) in [5.74, 6) is 1.21. The summed E-state index contributed by atoms with van der Waals surface area (Å²) in [6, 6.07) is 16.2. The first-order valence-corrected chi connectivity index (χ1v) is 8.43. The van der Waals surface area contributed by atoms with Crippen molar-refractivity contribution in [3.8, 4) is 5.75 Å². The summed E-state index contributed by atoms with van der Waals surface area (Å²) in [7, 11) is 0. The third-order valence-electron chi connectivity index (χ3n) is 4.36. The highest BCUT2D eigenvalue weighted by atomic mass is 32.1. The van der Waals surface area contributed by atoms with E-state index in [0.29, 0.717) is 16.8 Å². The molecule has 0 unspecified atom stereocenters. The van der Waals surface area contributed by atoms with Gasteiger partial charge in [-0.25, -0.2) is 0 Å². The van der Waals surface area contributed by atoms with E-state index in [9.17, 15) is 0 Å². The second-order valence-electron chi connectivity index (χ2n) is 5.92. The van der Waals surface area contributed by atoms with Gasteiger partial charge in [-0.1, -0.05) is 30.3 Å². The van der Waals surface area contributed by atoms with Gasteiger partial charge in [0.15, 0.2) is 0 Å². The highest BCUT2D eigenvalue weighted by Gasteiger charge is 2.26. The average Bonchev–Trinajstić information content (AvgIpc) is 3.13. The Bertz CT molecular complexity index is 869. The Morgan fingerprint density at radius 3 is 2.67 bits per heavy atom. The monoisotopic (exact) mass is 335 g/mol. The third kappa shape index (κ3) is 3.08. The zero-order valence-corrected chi connectivity index (χ0v) is 13.9. The summed E-state index contributed by atoms with van der Waals surface area (Å²) in [5.41, 5.74) is 3.02. The molecule has 0 aliphatic carbocycles. The highest BCUT2D eigenvalue weighted by molar-refractivity contribution is 7.80. The van der Waals surface area contributed by atoms with Crippen molar-refractivity contribution in [3.05, 3.63) is 66.5 Å². The molecule has 4 rings (SSSR count). The number of ether oxygens (including phenoxy) is 1. The molecule has 1 atom stereocenters. The topological polar surface area (TPSA) is 38.3 Å². The molecule has 5 heteroatoms. The van der Waals surface area contributed by atoms with Crippen LogP contribution in [-0.2, 0) is 0 Å². The quantitative estimate of drug-likeness (QED) is 0.666.